The fraction of sp³-hybridized carbons (Fsp3) is 0.364. The van der Waals surface area contributed by atoms with Crippen LogP contribution in [0.3, 0.4) is 0 Å². The summed E-state index contributed by atoms with van der Waals surface area (Å²) in [6.07, 6.45) is -0.0250. The Morgan fingerprint density at radius 3 is 2.50 bits per heavy atom. The second kappa shape index (κ2) is 6.65. The summed E-state index contributed by atoms with van der Waals surface area (Å²) in [5.41, 5.74) is 1.79. The number of hydrogen-bond acceptors (Lipinski definition) is 3. The van der Waals surface area contributed by atoms with E-state index in [-0.39, 0.29) is 23.9 Å². The summed E-state index contributed by atoms with van der Waals surface area (Å²) in [5.74, 6) is -0.712. The minimum Gasteiger partial charge on any atom is -0.325 e. The molecular weight excluding hydrogens is 265 g/mol. The Labute approximate surface area is 107 Å². The number of halogens is 3. The Kier molecular flexibility index (Phi) is 5.49. The quantitative estimate of drug-likeness (QED) is 0.870. The summed E-state index contributed by atoms with van der Waals surface area (Å²) in [7, 11) is 0. The number of anilines is 1. The number of rotatable bonds is 5. The van der Waals surface area contributed by atoms with Gasteiger partial charge in [0, 0.05) is 11.4 Å². The van der Waals surface area contributed by atoms with Crippen LogP contribution in [0.5, 0.6) is 0 Å². The van der Waals surface area contributed by atoms with Gasteiger partial charge in [0.2, 0.25) is 5.91 Å². The normalized spacial score (nSPS) is 13.1. The van der Waals surface area contributed by atoms with Gasteiger partial charge in [0.25, 0.3) is 0 Å². The highest BCUT2D eigenvalue weighted by atomic mass is 32.2. The first-order valence-corrected chi connectivity index (χ1v) is 6.19. The van der Waals surface area contributed by atoms with Crippen molar-refractivity contribution < 1.29 is 18.0 Å². The number of nitrogens with one attached hydrogen (secondary N) is 1. The van der Waals surface area contributed by atoms with Crippen LogP contribution in [0.4, 0.5) is 18.9 Å². The van der Waals surface area contributed by atoms with E-state index in [0.29, 0.717) is 5.69 Å². The fourth-order valence-corrected chi connectivity index (χ4v) is 1.79. The number of amides is 1. The van der Waals surface area contributed by atoms with E-state index in [1.54, 1.807) is 30.3 Å². The number of hydrogen-bond donors (Lipinski definition) is 2. The monoisotopic (exact) mass is 278 g/mol. The van der Waals surface area contributed by atoms with Crippen molar-refractivity contribution in [3.05, 3.63) is 30.3 Å². The molecule has 0 aliphatic carbocycles. The minimum absolute atomic E-state index is 0.0250. The Hall–Kier alpha value is -1.21. The Bertz CT molecular complexity index is 384. The third-order valence-electron chi connectivity index (χ3n) is 2.07. The van der Waals surface area contributed by atoms with Crippen LogP contribution in [0.1, 0.15) is 6.42 Å². The van der Waals surface area contributed by atoms with Crippen molar-refractivity contribution in [1.29, 1.82) is 0 Å². The average molecular weight is 278 g/mol. The van der Waals surface area contributed by atoms with Crippen molar-refractivity contribution in [1.82, 2.24) is 0 Å². The zero-order chi connectivity index (χ0) is 13.6. The predicted octanol–water partition coefficient (Wildman–Crippen LogP) is 2.60. The topological polar surface area (TPSA) is 55.1 Å². The van der Waals surface area contributed by atoms with Crippen molar-refractivity contribution in [2.24, 2.45) is 5.73 Å². The second-order valence-corrected chi connectivity index (χ2v) is 4.70. The van der Waals surface area contributed by atoms with Crippen LogP contribution in [0.15, 0.2) is 30.3 Å². The van der Waals surface area contributed by atoms with E-state index in [9.17, 15) is 18.0 Å². The van der Waals surface area contributed by atoms with E-state index in [2.05, 4.69) is 5.32 Å². The molecule has 0 saturated heterocycles. The molecule has 1 atom stereocenters. The molecule has 7 heteroatoms. The van der Waals surface area contributed by atoms with Gasteiger partial charge in [-0.3, -0.25) is 4.79 Å². The largest absolute Gasteiger partial charge is 0.441 e. The lowest BCUT2D eigenvalue weighted by Gasteiger charge is -2.12. The molecule has 0 saturated carbocycles. The molecule has 0 aliphatic heterocycles. The first-order valence-electron chi connectivity index (χ1n) is 5.20. The van der Waals surface area contributed by atoms with Crippen LogP contribution in [-0.2, 0) is 4.79 Å². The van der Waals surface area contributed by atoms with Gasteiger partial charge in [-0.05, 0) is 18.6 Å². The fourth-order valence-electron chi connectivity index (χ4n) is 1.19. The van der Waals surface area contributed by atoms with Crippen LogP contribution in [0.25, 0.3) is 0 Å². The lowest BCUT2D eigenvalue weighted by atomic mass is 10.2. The molecule has 0 unspecified atom stereocenters. The smallest absolute Gasteiger partial charge is 0.325 e. The molecule has 0 radical (unpaired) electrons. The Morgan fingerprint density at radius 2 is 1.94 bits per heavy atom. The minimum atomic E-state index is -4.28. The highest BCUT2D eigenvalue weighted by Crippen LogP contribution is 2.30. The number of carbonyl (C=O) groups excluding carboxylic acids is 1. The van der Waals surface area contributed by atoms with Gasteiger partial charge in [-0.25, -0.2) is 0 Å². The van der Waals surface area contributed by atoms with E-state index < -0.39 is 17.5 Å². The highest BCUT2D eigenvalue weighted by Gasteiger charge is 2.28. The molecule has 0 bridgehead atoms. The third-order valence-corrected chi connectivity index (χ3v) is 2.84. The van der Waals surface area contributed by atoms with Crippen LogP contribution in [0, 0.1) is 0 Å². The molecule has 0 aromatic heterocycles. The Balaban J connectivity index is 2.34. The van der Waals surface area contributed by atoms with E-state index in [0.717, 1.165) is 0 Å². The van der Waals surface area contributed by atoms with Crippen molar-refractivity contribution in [3.8, 4) is 0 Å². The summed E-state index contributed by atoms with van der Waals surface area (Å²) in [5, 5.41) is 2.53. The first kappa shape index (κ1) is 14.8. The molecule has 1 aromatic carbocycles. The van der Waals surface area contributed by atoms with Gasteiger partial charge >= 0.3 is 5.51 Å². The van der Waals surface area contributed by atoms with Crippen LogP contribution >= 0.6 is 11.8 Å². The number of alkyl halides is 3. The summed E-state index contributed by atoms with van der Waals surface area (Å²) < 4.78 is 35.6. The van der Waals surface area contributed by atoms with Gasteiger partial charge in [-0.15, -0.1) is 0 Å². The molecular formula is C11H13F3N2OS. The molecule has 0 spiro atoms. The van der Waals surface area contributed by atoms with Gasteiger partial charge < -0.3 is 11.1 Å². The van der Waals surface area contributed by atoms with Crippen LogP contribution in [-0.4, -0.2) is 23.2 Å². The molecule has 3 nitrogen and oxygen atoms in total. The lowest BCUT2D eigenvalue weighted by Crippen LogP contribution is -2.36. The lowest BCUT2D eigenvalue weighted by molar-refractivity contribution is -0.117. The van der Waals surface area contributed by atoms with E-state index in [4.69, 9.17) is 5.73 Å². The van der Waals surface area contributed by atoms with E-state index in [1.165, 1.54) is 0 Å². The van der Waals surface area contributed by atoms with Crippen molar-refractivity contribution in [3.63, 3.8) is 0 Å². The zero-order valence-electron chi connectivity index (χ0n) is 9.41. The molecule has 0 heterocycles. The van der Waals surface area contributed by atoms with Gasteiger partial charge in [0.1, 0.15) is 0 Å². The highest BCUT2D eigenvalue weighted by molar-refractivity contribution is 8.00. The molecule has 1 aromatic rings. The number of thioether (sulfide) groups is 1. The molecule has 0 fully saturated rings. The van der Waals surface area contributed by atoms with Gasteiger partial charge in [-0.2, -0.15) is 13.2 Å². The number of nitrogens with two attached hydrogens (primary N) is 1. The molecule has 100 valence electrons. The summed E-state index contributed by atoms with van der Waals surface area (Å²) >= 11 is -0.174. The van der Waals surface area contributed by atoms with Gasteiger partial charge in [0.05, 0.1) is 6.04 Å². The Morgan fingerprint density at radius 1 is 1.33 bits per heavy atom. The predicted molar refractivity (Wildman–Crippen MR) is 66.2 cm³/mol. The van der Waals surface area contributed by atoms with Crippen LogP contribution < -0.4 is 11.1 Å². The first-order chi connectivity index (χ1) is 8.38. The summed E-state index contributed by atoms with van der Waals surface area (Å²) in [4.78, 5) is 11.5. The number of para-hydroxylation sites is 1. The van der Waals surface area contributed by atoms with Gasteiger partial charge in [0.15, 0.2) is 0 Å². The van der Waals surface area contributed by atoms with Crippen molar-refractivity contribution in [2.75, 3.05) is 11.1 Å². The SMILES string of the molecule is N[C@@H](CCSC(F)(F)F)C(=O)Nc1ccccc1. The third kappa shape index (κ3) is 5.92. The second-order valence-electron chi connectivity index (χ2n) is 3.54. The average Bonchev–Trinajstić information content (AvgIpc) is 2.28. The number of benzene rings is 1. The maximum absolute atomic E-state index is 11.9. The molecule has 3 N–H and O–H groups in total. The number of carbonyl (C=O) groups is 1. The summed E-state index contributed by atoms with van der Waals surface area (Å²) in [6, 6.07) is 7.67. The molecule has 1 amide bonds. The standard InChI is InChI=1S/C11H13F3N2OS/c12-11(13,14)18-7-6-9(15)10(17)16-8-4-2-1-3-5-8/h1-5,9H,6-7,15H2,(H,16,17)/t9-/m0/s1. The van der Waals surface area contributed by atoms with Crippen LogP contribution in [0.2, 0.25) is 0 Å². The van der Waals surface area contributed by atoms with E-state index in [1.807, 2.05) is 0 Å². The van der Waals surface area contributed by atoms with Gasteiger partial charge in [-0.1, -0.05) is 30.0 Å². The maximum Gasteiger partial charge on any atom is 0.441 e. The maximum atomic E-state index is 11.9. The zero-order valence-corrected chi connectivity index (χ0v) is 10.2. The summed E-state index contributed by atoms with van der Waals surface area (Å²) in [6.45, 7) is 0. The molecule has 1 rings (SSSR count). The van der Waals surface area contributed by atoms with Crippen molar-refractivity contribution >= 4 is 23.4 Å². The van der Waals surface area contributed by atoms with E-state index >= 15 is 0 Å². The molecule has 18 heavy (non-hydrogen) atoms. The molecule has 0 aliphatic rings. The van der Waals surface area contributed by atoms with Crippen molar-refractivity contribution in [2.45, 2.75) is 18.0 Å².